The Morgan fingerprint density at radius 3 is 1.89 bits per heavy atom. The number of benzene rings is 1. The molecule has 0 aliphatic carbocycles. The van der Waals surface area contributed by atoms with Crippen molar-refractivity contribution >= 4 is 12.0 Å². The van der Waals surface area contributed by atoms with Crippen LogP contribution in [0.4, 0.5) is 31.1 Å². The van der Waals surface area contributed by atoms with Gasteiger partial charge in [-0.25, -0.2) is 4.79 Å². The Morgan fingerprint density at radius 1 is 1.04 bits per heavy atom. The fourth-order valence-corrected chi connectivity index (χ4v) is 2.94. The molecule has 28 heavy (non-hydrogen) atoms. The van der Waals surface area contributed by atoms with Gasteiger partial charge in [-0.1, -0.05) is 6.92 Å². The lowest BCUT2D eigenvalue weighted by Gasteiger charge is -2.37. The lowest BCUT2D eigenvalue weighted by Crippen LogP contribution is -2.48. The van der Waals surface area contributed by atoms with Crippen LogP contribution in [-0.4, -0.2) is 35.1 Å². The van der Waals surface area contributed by atoms with Gasteiger partial charge < -0.3 is 15.3 Å². The number of piperidine rings is 1. The van der Waals surface area contributed by atoms with Crippen molar-refractivity contribution in [2.75, 3.05) is 13.1 Å². The quantitative estimate of drug-likeness (QED) is 0.734. The predicted octanol–water partition coefficient (Wildman–Crippen LogP) is 4.12. The first-order valence-electron chi connectivity index (χ1n) is 8.27. The van der Waals surface area contributed by atoms with Crippen molar-refractivity contribution in [1.82, 2.24) is 10.2 Å². The van der Waals surface area contributed by atoms with Crippen LogP contribution in [0.5, 0.6) is 0 Å². The smallest absolute Gasteiger partial charge is 0.416 e. The van der Waals surface area contributed by atoms with Crippen molar-refractivity contribution in [2.45, 2.75) is 38.7 Å². The van der Waals surface area contributed by atoms with Crippen LogP contribution in [0.3, 0.4) is 0 Å². The SMILES string of the molecule is CC1(C(=O)NCc2cc(C(F)(F)F)cc(C(F)(F)F)c2)CCN(C(=O)O)CC1. The van der Waals surface area contributed by atoms with Gasteiger partial charge in [-0.3, -0.25) is 4.79 Å². The zero-order chi connectivity index (χ0) is 21.3. The third kappa shape index (κ3) is 5.08. The Balaban J connectivity index is 2.13. The van der Waals surface area contributed by atoms with E-state index in [0.717, 1.165) is 4.90 Å². The molecule has 1 aliphatic heterocycles. The fraction of sp³-hybridized carbons (Fsp3) is 0.529. The molecule has 5 nitrogen and oxygen atoms in total. The van der Waals surface area contributed by atoms with Crippen LogP contribution < -0.4 is 5.32 Å². The minimum absolute atomic E-state index is 0.0221. The topological polar surface area (TPSA) is 69.6 Å². The number of carboxylic acid groups (broad SMARTS) is 1. The van der Waals surface area contributed by atoms with Crippen molar-refractivity contribution < 1.29 is 41.0 Å². The number of carbonyl (C=O) groups is 2. The van der Waals surface area contributed by atoms with Crippen molar-refractivity contribution in [3.63, 3.8) is 0 Å². The average molecular weight is 412 g/mol. The van der Waals surface area contributed by atoms with E-state index < -0.39 is 47.4 Å². The maximum atomic E-state index is 12.9. The van der Waals surface area contributed by atoms with Gasteiger partial charge in [0.05, 0.1) is 11.1 Å². The van der Waals surface area contributed by atoms with Gasteiger partial charge in [0.15, 0.2) is 0 Å². The number of nitrogens with one attached hydrogen (secondary N) is 1. The number of hydrogen-bond donors (Lipinski definition) is 2. The molecule has 2 amide bonds. The van der Waals surface area contributed by atoms with Gasteiger partial charge in [0, 0.05) is 25.0 Å². The molecule has 2 rings (SSSR count). The number of amides is 2. The zero-order valence-electron chi connectivity index (χ0n) is 14.7. The minimum Gasteiger partial charge on any atom is -0.465 e. The molecule has 0 aromatic heterocycles. The Hall–Kier alpha value is -2.46. The van der Waals surface area contributed by atoms with E-state index in [1.807, 2.05) is 0 Å². The minimum atomic E-state index is -4.96. The fourth-order valence-electron chi connectivity index (χ4n) is 2.94. The average Bonchev–Trinajstić information content (AvgIpc) is 2.58. The third-order valence-electron chi connectivity index (χ3n) is 4.79. The Bertz CT molecular complexity index is 720. The van der Waals surface area contributed by atoms with Gasteiger partial charge in [0.25, 0.3) is 0 Å². The van der Waals surface area contributed by atoms with Crippen LogP contribution in [0.2, 0.25) is 0 Å². The normalized spacial score (nSPS) is 17.3. The van der Waals surface area contributed by atoms with Crippen molar-refractivity contribution in [3.05, 3.63) is 34.9 Å². The number of rotatable bonds is 3. The lowest BCUT2D eigenvalue weighted by molar-refractivity contribution is -0.143. The third-order valence-corrected chi connectivity index (χ3v) is 4.79. The second kappa shape index (κ2) is 7.51. The van der Waals surface area contributed by atoms with Gasteiger partial charge >= 0.3 is 18.4 Å². The summed E-state index contributed by atoms with van der Waals surface area (Å²) in [5, 5.41) is 11.3. The predicted molar refractivity (Wildman–Crippen MR) is 85.2 cm³/mol. The summed E-state index contributed by atoms with van der Waals surface area (Å²) in [6.07, 6.45) is -10.7. The standard InChI is InChI=1S/C17H18F6N2O3/c1-15(2-4-25(5-3-15)14(27)28)13(26)24-9-10-6-11(16(18,19)20)8-12(7-10)17(21,22)23/h6-8H,2-5,9H2,1H3,(H,24,26)(H,27,28). The summed E-state index contributed by atoms with van der Waals surface area (Å²) in [5.41, 5.74) is -4.19. The molecule has 0 atom stereocenters. The lowest BCUT2D eigenvalue weighted by atomic mass is 9.79. The molecular weight excluding hydrogens is 394 g/mol. The van der Waals surface area contributed by atoms with Gasteiger partial charge in [-0.05, 0) is 36.6 Å². The summed E-state index contributed by atoms with van der Waals surface area (Å²) in [7, 11) is 0. The summed E-state index contributed by atoms with van der Waals surface area (Å²) < 4.78 is 77.3. The molecule has 11 heteroatoms. The highest BCUT2D eigenvalue weighted by atomic mass is 19.4. The van der Waals surface area contributed by atoms with E-state index in [0.29, 0.717) is 12.1 Å². The van der Waals surface area contributed by atoms with Crippen LogP contribution in [0.25, 0.3) is 0 Å². The van der Waals surface area contributed by atoms with Crippen LogP contribution in [-0.2, 0) is 23.7 Å². The van der Waals surface area contributed by atoms with Crippen LogP contribution in [0.15, 0.2) is 18.2 Å². The molecule has 0 radical (unpaired) electrons. The molecule has 2 N–H and O–H groups in total. The summed E-state index contributed by atoms with van der Waals surface area (Å²) in [6, 6.07) is 1.14. The monoisotopic (exact) mass is 412 g/mol. The van der Waals surface area contributed by atoms with E-state index >= 15 is 0 Å². The van der Waals surface area contributed by atoms with E-state index in [2.05, 4.69) is 5.32 Å². The van der Waals surface area contributed by atoms with E-state index in [4.69, 9.17) is 5.11 Å². The Labute approximate surface area is 156 Å². The van der Waals surface area contributed by atoms with Crippen molar-refractivity contribution in [2.24, 2.45) is 5.41 Å². The zero-order valence-corrected chi connectivity index (χ0v) is 14.7. The van der Waals surface area contributed by atoms with Gasteiger partial charge in [0.2, 0.25) is 5.91 Å². The van der Waals surface area contributed by atoms with E-state index in [9.17, 15) is 35.9 Å². The van der Waals surface area contributed by atoms with E-state index in [1.54, 1.807) is 6.92 Å². The maximum absolute atomic E-state index is 12.9. The number of likely N-dealkylation sites (tertiary alicyclic amines) is 1. The molecule has 1 aliphatic rings. The molecule has 0 saturated carbocycles. The number of carbonyl (C=O) groups excluding carboxylic acids is 1. The molecule has 1 heterocycles. The maximum Gasteiger partial charge on any atom is 0.416 e. The van der Waals surface area contributed by atoms with E-state index in [-0.39, 0.29) is 37.6 Å². The van der Waals surface area contributed by atoms with Crippen LogP contribution in [0.1, 0.15) is 36.5 Å². The highest BCUT2D eigenvalue weighted by Crippen LogP contribution is 2.36. The van der Waals surface area contributed by atoms with Crippen LogP contribution >= 0.6 is 0 Å². The molecule has 1 fully saturated rings. The largest absolute Gasteiger partial charge is 0.465 e. The number of hydrogen-bond acceptors (Lipinski definition) is 2. The summed E-state index contributed by atoms with van der Waals surface area (Å²) >= 11 is 0. The first-order chi connectivity index (χ1) is 12.7. The number of halogens is 6. The van der Waals surface area contributed by atoms with Crippen LogP contribution in [0, 0.1) is 5.41 Å². The second-order valence-corrected chi connectivity index (χ2v) is 6.93. The molecule has 0 unspecified atom stereocenters. The summed E-state index contributed by atoms with van der Waals surface area (Å²) in [6.45, 7) is 1.29. The molecule has 0 spiro atoms. The number of nitrogens with zero attached hydrogens (tertiary/aromatic N) is 1. The van der Waals surface area contributed by atoms with Gasteiger partial charge in [-0.2, -0.15) is 26.3 Å². The Morgan fingerprint density at radius 2 is 1.50 bits per heavy atom. The molecule has 0 bridgehead atoms. The summed E-state index contributed by atoms with van der Waals surface area (Å²) in [4.78, 5) is 24.5. The number of alkyl halides is 6. The van der Waals surface area contributed by atoms with Crippen molar-refractivity contribution in [1.29, 1.82) is 0 Å². The highest BCUT2D eigenvalue weighted by Gasteiger charge is 2.39. The molecular formula is C17H18F6N2O3. The molecule has 156 valence electrons. The molecule has 1 saturated heterocycles. The van der Waals surface area contributed by atoms with Gasteiger partial charge in [0.1, 0.15) is 0 Å². The van der Waals surface area contributed by atoms with Crippen molar-refractivity contribution in [3.8, 4) is 0 Å². The second-order valence-electron chi connectivity index (χ2n) is 6.93. The van der Waals surface area contributed by atoms with Gasteiger partial charge in [-0.15, -0.1) is 0 Å². The Kier molecular flexibility index (Phi) is 5.86. The highest BCUT2D eigenvalue weighted by molar-refractivity contribution is 5.82. The molecule has 1 aromatic carbocycles. The first-order valence-corrected chi connectivity index (χ1v) is 8.27. The first kappa shape index (κ1) is 21.8. The molecule has 1 aromatic rings. The summed E-state index contributed by atoms with van der Waals surface area (Å²) in [5.74, 6) is -0.552. The van der Waals surface area contributed by atoms with E-state index in [1.165, 1.54) is 0 Å².